The molecule has 4 N–H and O–H groups in total. The van der Waals surface area contributed by atoms with Crippen molar-refractivity contribution in [2.75, 3.05) is 12.3 Å². The lowest BCUT2D eigenvalue weighted by atomic mass is 10.1. The molecule has 0 radical (unpaired) electrons. The first-order valence-electron chi connectivity index (χ1n) is 6.37. The van der Waals surface area contributed by atoms with E-state index in [0.29, 0.717) is 0 Å². The predicted molar refractivity (Wildman–Crippen MR) is 78.5 cm³/mol. The van der Waals surface area contributed by atoms with E-state index >= 15 is 0 Å². The molecule has 1 aromatic carbocycles. The van der Waals surface area contributed by atoms with E-state index in [9.17, 15) is 17.6 Å². The van der Waals surface area contributed by atoms with Gasteiger partial charge < -0.3 is 11.1 Å². The molecule has 0 heterocycles. The first-order valence-corrected chi connectivity index (χ1v) is 7.85. The first kappa shape index (κ1) is 17.4. The minimum absolute atomic E-state index is 0.0221. The third-order valence-electron chi connectivity index (χ3n) is 2.42. The van der Waals surface area contributed by atoms with Crippen LogP contribution in [0, 0.1) is 5.82 Å². The number of halogens is 1. The van der Waals surface area contributed by atoms with Gasteiger partial charge in [0.25, 0.3) is 0 Å². The quantitative estimate of drug-likeness (QED) is 0.705. The van der Waals surface area contributed by atoms with Crippen LogP contribution >= 0.6 is 0 Å². The number of nitrogens with two attached hydrogens (primary N) is 1. The van der Waals surface area contributed by atoms with Crippen molar-refractivity contribution in [1.82, 2.24) is 10.0 Å². The summed E-state index contributed by atoms with van der Waals surface area (Å²) in [7, 11) is -3.95. The van der Waals surface area contributed by atoms with Crippen LogP contribution < -0.4 is 15.8 Å². The molecular weight excluding hydrogens is 297 g/mol. The van der Waals surface area contributed by atoms with Crippen molar-refractivity contribution >= 4 is 21.6 Å². The summed E-state index contributed by atoms with van der Waals surface area (Å²) in [6.45, 7) is 5.37. The summed E-state index contributed by atoms with van der Waals surface area (Å²) < 4.78 is 39.3. The fraction of sp³-hybridized carbons (Fsp3) is 0.462. The number of sulfonamides is 1. The molecule has 0 fully saturated rings. The van der Waals surface area contributed by atoms with Crippen molar-refractivity contribution in [2.45, 2.75) is 37.6 Å². The Labute approximate surface area is 124 Å². The Kier molecular flexibility index (Phi) is 5.30. The highest BCUT2D eigenvalue weighted by atomic mass is 32.2. The molecule has 0 aromatic heterocycles. The lowest BCUT2D eigenvalue weighted by Gasteiger charge is -2.20. The Balaban J connectivity index is 2.66. The summed E-state index contributed by atoms with van der Waals surface area (Å²) in [6.07, 6.45) is -0.0221. The fourth-order valence-electron chi connectivity index (χ4n) is 1.60. The average molecular weight is 317 g/mol. The molecule has 1 aromatic rings. The molecule has 6 nitrogen and oxygen atoms in total. The fourth-order valence-corrected chi connectivity index (χ4v) is 2.77. The summed E-state index contributed by atoms with van der Waals surface area (Å²) in [6, 6.07) is 3.09. The number of carbonyl (C=O) groups excluding carboxylic acids is 1. The summed E-state index contributed by atoms with van der Waals surface area (Å²) in [5.41, 5.74) is 5.09. The second kappa shape index (κ2) is 6.40. The van der Waals surface area contributed by atoms with Crippen molar-refractivity contribution < 1.29 is 17.6 Å². The Hall–Kier alpha value is -1.67. The van der Waals surface area contributed by atoms with Crippen molar-refractivity contribution in [3.63, 3.8) is 0 Å². The first-order chi connectivity index (χ1) is 9.51. The van der Waals surface area contributed by atoms with Gasteiger partial charge in [-0.2, -0.15) is 0 Å². The Morgan fingerprint density at radius 3 is 2.52 bits per heavy atom. The topological polar surface area (TPSA) is 101 Å². The van der Waals surface area contributed by atoms with Crippen LogP contribution in [-0.2, 0) is 14.8 Å². The van der Waals surface area contributed by atoms with Crippen molar-refractivity contribution in [1.29, 1.82) is 0 Å². The summed E-state index contributed by atoms with van der Waals surface area (Å²) in [5, 5.41) is 2.71. The lowest BCUT2D eigenvalue weighted by Crippen LogP contribution is -2.42. The Bertz CT molecular complexity index is 624. The van der Waals surface area contributed by atoms with Crippen LogP contribution in [0.5, 0.6) is 0 Å². The third-order valence-corrected chi connectivity index (χ3v) is 3.94. The molecule has 1 amide bonds. The molecule has 118 valence electrons. The molecule has 0 aliphatic heterocycles. The highest BCUT2D eigenvalue weighted by Gasteiger charge is 2.19. The van der Waals surface area contributed by atoms with Crippen LogP contribution in [-0.4, -0.2) is 26.4 Å². The van der Waals surface area contributed by atoms with Crippen molar-refractivity contribution in [3.05, 3.63) is 24.0 Å². The van der Waals surface area contributed by atoms with E-state index in [1.54, 1.807) is 0 Å². The molecule has 0 saturated heterocycles. The largest absolute Gasteiger partial charge is 0.398 e. The number of rotatable bonds is 5. The maximum atomic E-state index is 13.1. The second-order valence-electron chi connectivity index (χ2n) is 5.63. The van der Waals surface area contributed by atoms with E-state index in [0.717, 1.165) is 12.1 Å². The standard InChI is InChI=1S/C13H20FN3O3S/c1-13(2,3)17-12(18)6-7-16-21(19,20)11-8-9(14)4-5-10(11)15/h4-5,8,16H,6-7,15H2,1-3H3,(H,17,18). The Morgan fingerprint density at radius 2 is 1.95 bits per heavy atom. The van der Waals surface area contributed by atoms with E-state index in [4.69, 9.17) is 5.73 Å². The summed E-state index contributed by atoms with van der Waals surface area (Å²) >= 11 is 0. The van der Waals surface area contributed by atoms with Gasteiger partial charge in [0.1, 0.15) is 10.7 Å². The molecule has 0 unspecified atom stereocenters. The number of amides is 1. The van der Waals surface area contributed by atoms with Gasteiger partial charge in [-0.1, -0.05) is 0 Å². The minimum atomic E-state index is -3.95. The molecule has 0 atom stereocenters. The molecular formula is C13H20FN3O3S. The van der Waals surface area contributed by atoms with Gasteiger partial charge in [-0.3, -0.25) is 4.79 Å². The van der Waals surface area contributed by atoms with E-state index in [1.165, 1.54) is 6.07 Å². The van der Waals surface area contributed by atoms with E-state index < -0.39 is 15.8 Å². The summed E-state index contributed by atoms with van der Waals surface area (Å²) in [4.78, 5) is 11.2. The van der Waals surface area contributed by atoms with Gasteiger partial charge in [-0.25, -0.2) is 17.5 Å². The van der Waals surface area contributed by atoms with Gasteiger partial charge in [0.05, 0.1) is 5.69 Å². The van der Waals surface area contributed by atoms with Gasteiger partial charge in [-0.05, 0) is 39.0 Å². The van der Waals surface area contributed by atoms with Gasteiger partial charge >= 0.3 is 0 Å². The molecule has 21 heavy (non-hydrogen) atoms. The van der Waals surface area contributed by atoms with Crippen LogP contribution in [0.4, 0.5) is 10.1 Å². The summed E-state index contributed by atoms with van der Waals surface area (Å²) in [5.74, 6) is -0.979. The van der Waals surface area contributed by atoms with Crippen molar-refractivity contribution in [3.8, 4) is 0 Å². The van der Waals surface area contributed by atoms with E-state index in [2.05, 4.69) is 10.0 Å². The van der Waals surface area contributed by atoms with Crippen LogP contribution in [0.1, 0.15) is 27.2 Å². The molecule has 0 spiro atoms. The van der Waals surface area contributed by atoms with Gasteiger partial charge in [0.2, 0.25) is 15.9 Å². The number of hydrogen-bond acceptors (Lipinski definition) is 4. The monoisotopic (exact) mass is 317 g/mol. The zero-order chi connectivity index (χ0) is 16.3. The van der Waals surface area contributed by atoms with Crippen molar-refractivity contribution in [2.24, 2.45) is 0 Å². The number of nitrogen functional groups attached to an aromatic ring is 1. The van der Waals surface area contributed by atoms with Crippen LogP contribution in [0.2, 0.25) is 0 Å². The highest BCUT2D eigenvalue weighted by molar-refractivity contribution is 7.89. The number of carbonyl (C=O) groups is 1. The lowest BCUT2D eigenvalue weighted by molar-refractivity contribution is -0.122. The molecule has 0 saturated carbocycles. The van der Waals surface area contributed by atoms with Crippen LogP contribution in [0.15, 0.2) is 23.1 Å². The smallest absolute Gasteiger partial charge is 0.242 e. The zero-order valence-electron chi connectivity index (χ0n) is 12.2. The number of nitrogens with one attached hydrogen (secondary N) is 2. The average Bonchev–Trinajstić information content (AvgIpc) is 2.29. The highest BCUT2D eigenvalue weighted by Crippen LogP contribution is 2.18. The molecule has 0 aliphatic carbocycles. The maximum Gasteiger partial charge on any atom is 0.242 e. The zero-order valence-corrected chi connectivity index (χ0v) is 13.1. The van der Waals surface area contributed by atoms with Gasteiger partial charge in [-0.15, -0.1) is 0 Å². The van der Waals surface area contributed by atoms with E-state index in [1.807, 2.05) is 20.8 Å². The molecule has 8 heteroatoms. The van der Waals surface area contributed by atoms with Crippen LogP contribution in [0.3, 0.4) is 0 Å². The van der Waals surface area contributed by atoms with E-state index in [-0.39, 0.29) is 35.0 Å². The Morgan fingerprint density at radius 1 is 1.33 bits per heavy atom. The molecule has 0 aliphatic rings. The normalized spacial score (nSPS) is 12.2. The van der Waals surface area contributed by atoms with Gasteiger partial charge in [0.15, 0.2) is 0 Å². The van der Waals surface area contributed by atoms with Crippen LogP contribution in [0.25, 0.3) is 0 Å². The molecule has 1 rings (SSSR count). The SMILES string of the molecule is CC(C)(C)NC(=O)CCNS(=O)(=O)c1cc(F)ccc1N. The number of hydrogen-bond donors (Lipinski definition) is 3. The third kappa shape index (κ3) is 5.68. The molecule has 0 bridgehead atoms. The number of benzene rings is 1. The predicted octanol–water partition coefficient (Wildman–Crippen LogP) is 0.991. The number of anilines is 1. The minimum Gasteiger partial charge on any atom is -0.398 e. The second-order valence-corrected chi connectivity index (χ2v) is 7.36. The van der Waals surface area contributed by atoms with Gasteiger partial charge in [0, 0.05) is 18.5 Å². The maximum absolute atomic E-state index is 13.1.